The van der Waals surface area contributed by atoms with Crippen LogP contribution in [0.1, 0.15) is 37.4 Å². The first-order valence-corrected chi connectivity index (χ1v) is 8.56. The number of halogens is 1. The van der Waals surface area contributed by atoms with Crippen molar-refractivity contribution >= 4 is 21.9 Å². The molecule has 1 spiro atoms. The van der Waals surface area contributed by atoms with E-state index in [1.165, 1.54) is 0 Å². The molecular weight excluding hydrogens is 318 g/mol. The lowest BCUT2D eigenvalue weighted by atomic mass is 10.0. The highest BCUT2D eigenvalue weighted by Gasteiger charge is 2.45. The molecule has 0 amide bonds. The molecule has 2 N–H and O–H groups in total. The minimum atomic E-state index is -4.03. The number of rotatable bonds is 3. The van der Waals surface area contributed by atoms with Crippen molar-refractivity contribution in [2.45, 2.75) is 37.6 Å². The number of hydrogen-bond donors (Lipinski definition) is 1. The summed E-state index contributed by atoms with van der Waals surface area (Å²) in [7, 11) is -4.03. The van der Waals surface area contributed by atoms with E-state index in [2.05, 4.69) is 0 Å². The Hall–Kier alpha value is -0.860. The zero-order valence-corrected chi connectivity index (χ0v) is 12.8. The van der Waals surface area contributed by atoms with Crippen LogP contribution in [0.3, 0.4) is 0 Å². The molecule has 1 fully saturated rings. The van der Waals surface area contributed by atoms with Crippen molar-refractivity contribution in [1.82, 2.24) is 0 Å². The van der Waals surface area contributed by atoms with Gasteiger partial charge in [-0.05, 0) is 18.9 Å². The second-order valence-corrected chi connectivity index (χ2v) is 6.89. The van der Waals surface area contributed by atoms with Crippen LogP contribution in [-0.4, -0.2) is 20.8 Å². The molecule has 0 radical (unpaired) electrons. The largest absolute Gasteiger partial charge is 0.460 e. The molecule has 6 nitrogen and oxygen atoms in total. The summed E-state index contributed by atoms with van der Waals surface area (Å²) in [6.45, 7) is -0.197. The van der Waals surface area contributed by atoms with Gasteiger partial charge < -0.3 is 9.47 Å². The highest BCUT2D eigenvalue weighted by atomic mass is 35.5. The zero-order chi connectivity index (χ0) is 15.1. The lowest BCUT2D eigenvalue weighted by Crippen LogP contribution is -2.42. The number of nitrogens with two attached hydrogens (primary N) is 1. The molecule has 1 unspecified atom stereocenters. The van der Waals surface area contributed by atoms with E-state index in [-0.39, 0.29) is 6.61 Å². The van der Waals surface area contributed by atoms with Gasteiger partial charge in [-0.25, -0.2) is 5.14 Å². The van der Waals surface area contributed by atoms with Gasteiger partial charge in [0.1, 0.15) is 11.9 Å². The summed E-state index contributed by atoms with van der Waals surface area (Å²) in [6, 6.07) is 5.26. The summed E-state index contributed by atoms with van der Waals surface area (Å²) in [6.07, 6.45) is 2.88. The van der Waals surface area contributed by atoms with Gasteiger partial charge >= 0.3 is 10.3 Å². The monoisotopic (exact) mass is 333 g/mol. The predicted molar refractivity (Wildman–Crippen MR) is 76.2 cm³/mol. The van der Waals surface area contributed by atoms with Gasteiger partial charge in [0.05, 0.1) is 11.6 Å². The van der Waals surface area contributed by atoms with Gasteiger partial charge in [0.2, 0.25) is 5.79 Å². The number of benzene rings is 1. The molecule has 0 saturated heterocycles. The molecule has 21 heavy (non-hydrogen) atoms. The van der Waals surface area contributed by atoms with Crippen LogP contribution in [0.4, 0.5) is 0 Å². The van der Waals surface area contributed by atoms with Crippen molar-refractivity contribution < 1.29 is 22.1 Å². The minimum absolute atomic E-state index is 0.197. The fourth-order valence-corrected chi connectivity index (χ4v) is 3.37. The van der Waals surface area contributed by atoms with Crippen LogP contribution in [-0.2, 0) is 19.2 Å². The quantitative estimate of drug-likeness (QED) is 0.916. The Morgan fingerprint density at radius 1 is 1.38 bits per heavy atom. The van der Waals surface area contributed by atoms with E-state index in [1.54, 1.807) is 18.2 Å². The fraction of sp³-hybridized carbons (Fsp3) is 0.538. The number of hydrogen-bond acceptors (Lipinski definition) is 5. The molecule has 1 heterocycles. The summed E-state index contributed by atoms with van der Waals surface area (Å²) in [4.78, 5) is 0. The molecule has 3 rings (SSSR count). The maximum Gasteiger partial charge on any atom is 0.333 e. The minimum Gasteiger partial charge on any atom is -0.460 e. The number of para-hydroxylation sites is 1. The topological polar surface area (TPSA) is 87.9 Å². The van der Waals surface area contributed by atoms with E-state index >= 15 is 0 Å². The molecule has 0 bridgehead atoms. The van der Waals surface area contributed by atoms with Gasteiger partial charge in [-0.15, -0.1) is 0 Å². The van der Waals surface area contributed by atoms with E-state index in [0.29, 0.717) is 16.3 Å². The molecule has 1 atom stereocenters. The van der Waals surface area contributed by atoms with Crippen LogP contribution in [0.15, 0.2) is 18.2 Å². The Labute approximate surface area is 128 Å². The maximum atomic E-state index is 11.0. The van der Waals surface area contributed by atoms with Gasteiger partial charge in [0.25, 0.3) is 0 Å². The van der Waals surface area contributed by atoms with Gasteiger partial charge in [-0.1, -0.05) is 23.7 Å². The number of ether oxygens (including phenoxy) is 2. The first kappa shape index (κ1) is 15.1. The Balaban J connectivity index is 1.93. The summed E-state index contributed by atoms with van der Waals surface area (Å²) in [5.74, 6) is -0.208. The van der Waals surface area contributed by atoms with E-state index in [9.17, 15) is 8.42 Å². The first-order valence-electron chi connectivity index (χ1n) is 6.71. The van der Waals surface area contributed by atoms with Crippen LogP contribution in [0.5, 0.6) is 5.75 Å². The van der Waals surface area contributed by atoms with Crippen LogP contribution in [0.2, 0.25) is 5.02 Å². The normalized spacial score (nSPS) is 23.8. The third kappa shape index (κ3) is 3.17. The fourth-order valence-electron chi connectivity index (χ4n) is 2.83. The van der Waals surface area contributed by atoms with Crippen LogP contribution >= 0.6 is 11.6 Å². The molecule has 1 aliphatic heterocycles. The summed E-state index contributed by atoms with van der Waals surface area (Å²) in [5, 5.41) is 5.36. The Kier molecular flexibility index (Phi) is 3.87. The molecule has 8 heteroatoms. The maximum absolute atomic E-state index is 11.0. The molecular formula is C13H16ClNO5S. The summed E-state index contributed by atoms with van der Waals surface area (Å²) in [5.41, 5.74) is 0.670. The van der Waals surface area contributed by atoms with E-state index in [1.807, 2.05) is 0 Å². The Morgan fingerprint density at radius 3 is 2.76 bits per heavy atom. The average Bonchev–Trinajstić information content (AvgIpc) is 2.85. The van der Waals surface area contributed by atoms with Crippen LogP contribution < -0.4 is 9.88 Å². The number of fused-ring (bicyclic) bond motifs is 1. The smallest absolute Gasteiger partial charge is 0.333 e. The molecule has 1 aliphatic carbocycles. The van der Waals surface area contributed by atoms with Crippen molar-refractivity contribution in [3.05, 3.63) is 28.8 Å². The van der Waals surface area contributed by atoms with Gasteiger partial charge in [-0.3, -0.25) is 4.18 Å². The van der Waals surface area contributed by atoms with Gasteiger partial charge in [0.15, 0.2) is 0 Å². The van der Waals surface area contributed by atoms with Crippen molar-refractivity contribution in [1.29, 1.82) is 0 Å². The third-order valence-electron chi connectivity index (χ3n) is 3.74. The molecule has 1 aromatic carbocycles. The van der Waals surface area contributed by atoms with Gasteiger partial charge in [-0.2, -0.15) is 8.42 Å². The summed E-state index contributed by atoms with van der Waals surface area (Å²) >= 11 is 6.19. The molecule has 2 aliphatic rings. The van der Waals surface area contributed by atoms with Gasteiger partial charge in [0, 0.05) is 18.4 Å². The van der Waals surface area contributed by atoms with E-state index in [4.69, 9.17) is 30.4 Å². The van der Waals surface area contributed by atoms with Crippen LogP contribution in [0.25, 0.3) is 0 Å². The lowest BCUT2D eigenvalue weighted by Gasteiger charge is -2.40. The van der Waals surface area contributed by atoms with E-state index < -0.39 is 22.2 Å². The van der Waals surface area contributed by atoms with Crippen molar-refractivity contribution in [2.24, 2.45) is 5.14 Å². The molecule has 0 aromatic heterocycles. The third-order valence-corrected chi connectivity index (χ3v) is 4.50. The molecule has 1 saturated carbocycles. The average molecular weight is 334 g/mol. The van der Waals surface area contributed by atoms with Crippen molar-refractivity contribution in [3.8, 4) is 5.75 Å². The van der Waals surface area contributed by atoms with Crippen molar-refractivity contribution in [3.63, 3.8) is 0 Å². The predicted octanol–water partition coefficient (Wildman–Crippen LogP) is 2.28. The highest BCUT2D eigenvalue weighted by Crippen LogP contribution is 2.48. The van der Waals surface area contributed by atoms with Crippen LogP contribution in [0, 0.1) is 0 Å². The zero-order valence-electron chi connectivity index (χ0n) is 11.2. The summed E-state index contributed by atoms with van der Waals surface area (Å²) < 4.78 is 38.7. The standard InChI is InChI=1S/C13H16ClNO5S/c14-10-5-3-4-9-11(8-18-21(15,16)17)19-13(20-12(9)10)6-1-2-7-13/h3-5,11H,1-2,6-8H2,(H2,15,16,17). The van der Waals surface area contributed by atoms with Crippen molar-refractivity contribution in [2.75, 3.05) is 6.61 Å². The second kappa shape index (κ2) is 5.40. The SMILES string of the molecule is NS(=O)(=O)OCC1OC2(CCCC2)Oc2c(Cl)cccc21. The second-order valence-electron chi connectivity index (χ2n) is 5.26. The molecule has 116 valence electrons. The first-order chi connectivity index (χ1) is 9.89. The molecule has 1 aromatic rings. The van der Waals surface area contributed by atoms with E-state index in [0.717, 1.165) is 25.7 Å². The Morgan fingerprint density at radius 2 is 2.10 bits per heavy atom. The highest BCUT2D eigenvalue weighted by molar-refractivity contribution is 7.84. The Bertz CT molecular complexity index is 642. The lowest BCUT2D eigenvalue weighted by molar-refractivity contribution is -0.230.